The van der Waals surface area contributed by atoms with Gasteiger partial charge in [-0.25, -0.2) is 4.98 Å². The van der Waals surface area contributed by atoms with Gasteiger partial charge in [-0.2, -0.15) is 14.8 Å². The summed E-state index contributed by atoms with van der Waals surface area (Å²) in [4.78, 5) is 8.98. The zero-order valence-corrected chi connectivity index (χ0v) is 14.0. The predicted octanol–water partition coefficient (Wildman–Crippen LogP) is 1.63. The Morgan fingerprint density at radius 1 is 1.11 bits per heavy atom. The summed E-state index contributed by atoms with van der Waals surface area (Å²) in [5, 5.41) is 14.1. The van der Waals surface area contributed by atoms with Gasteiger partial charge in [0.05, 0.1) is 22.2 Å². The maximum Gasteiger partial charge on any atom is 0.240 e. The molecule has 27 heavy (non-hydrogen) atoms. The van der Waals surface area contributed by atoms with Gasteiger partial charge in [0.1, 0.15) is 11.9 Å². The highest BCUT2D eigenvalue weighted by atomic mass is 16.7. The molecule has 0 unspecified atom stereocenters. The van der Waals surface area contributed by atoms with Crippen LogP contribution in [0.3, 0.4) is 0 Å². The van der Waals surface area contributed by atoms with Crippen LogP contribution < -0.4 is 20.9 Å². The van der Waals surface area contributed by atoms with Crippen molar-refractivity contribution >= 4 is 28.2 Å². The number of nitriles is 1. The van der Waals surface area contributed by atoms with E-state index in [1.54, 1.807) is 16.6 Å². The number of rotatable bonds is 2. The highest BCUT2D eigenvalue weighted by Crippen LogP contribution is 2.33. The van der Waals surface area contributed by atoms with E-state index in [4.69, 9.17) is 20.9 Å². The molecule has 1 aliphatic rings. The monoisotopic (exact) mass is 359 g/mol. The molecule has 4 aromatic rings. The molecule has 2 aromatic carbocycles. The molecule has 5 rings (SSSR count). The summed E-state index contributed by atoms with van der Waals surface area (Å²) >= 11 is 0. The van der Waals surface area contributed by atoms with Crippen LogP contribution in [0.2, 0.25) is 0 Å². The lowest BCUT2D eigenvalue weighted by atomic mass is 10.1. The largest absolute Gasteiger partial charge is 0.454 e. The van der Waals surface area contributed by atoms with E-state index in [-0.39, 0.29) is 12.7 Å². The van der Waals surface area contributed by atoms with Crippen LogP contribution in [0.4, 0.5) is 11.6 Å². The number of hydrogen-bond donors (Lipinski definition) is 2. The fraction of sp³-hybridized carbons (Fsp3) is 0.111. The number of nitrogen functional groups attached to an aromatic ring is 2. The summed E-state index contributed by atoms with van der Waals surface area (Å²) in [5.74, 6) is 2.17. The van der Waals surface area contributed by atoms with Crippen LogP contribution in [0.5, 0.6) is 11.5 Å². The van der Waals surface area contributed by atoms with Gasteiger partial charge in [0, 0.05) is 6.42 Å². The lowest BCUT2D eigenvalue weighted by Gasteiger charge is -2.09. The Balaban J connectivity index is 1.71. The van der Waals surface area contributed by atoms with Crippen molar-refractivity contribution in [3.63, 3.8) is 0 Å². The molecule has 0 saturated heterocycles. The lowest BCUT2D eigenvalue weighted by Crippen LogP contribution is -2.06. The molecule has 0 amide bonds. The number of anilines is 2. The van der Waals surface area contributed by atoms with E-state index in [2.05, 4.69) is 21.1 Å². The summed E-state index contributed by atoms with van der Waals surface area (Å²) in [6.45, 7) is 0.220. The Morgan fingerprint density at radius 3 is 2.81 bits per heavy atom. The maximum absolute atomic E-state index is 9.24. The quantitative estimate of drug-likeness (QED) is 0.515. The van der Waals surface area contributed by atoms with Gasteiger partial charge in [-0.1, -0.05) is 6.07 Å². The Morgan fingerprint density at radius 2 is 1.96 bits per heavy atom. The minimum absolute atomic E-state index is 0.109. The first-order chi connectivity index (χ1) is 13.1. The molecule has 0 bridgehead atoms. The van der Waals surface area contributed by atoms with Crippen LogP contribution in [0, 0.1) is 11.3 Å². The SMILES string of the molecule is N#Cc1ccc2nc(Cc3ccc4c(c3)OCO4)n3nc(N)nc3c2c1N. The molecule has 1 aliphatic heterocycles. The third-order valence-electron chi connectivity index (χ3n) is 4.48. The molecule has 2 aromatic heterocycles. The van der Waals surface area contributed by atoms with Crippen molar-refractivity contribution in [1.29, 1.82) is 5.26 Å². The normalized spacial score (nSPS) is 12.6. The first-order valence-electron chi connectivity index (χ1n) is 8.16. The highest BCUT2D eigenvalue weighted by molar-refractivity contribution is 6.02. The van der Waals surface area contributed by atoms with Crippen LogP contribution in [0.15, 0.2) is 30.3 Å². The van der Waals surface area contributed by atoms with E-state index in [0.717, 1.165) is 11.3 Å². The smallest absolute Gasteiger partial charge is 0.240 e. The van der Waals surface area contributed by atoms with Crippen molar-refractivity contribution in [3.05, 3.63) is 47.3 Å². The molecule has 0 fully saturated rings. The molecule has 132 valence electrons. The van der Waals surface area contributed by atoms with Crippen LogP contribution in [-0.2, 0) is 6.42 Å². The molecule has 4 N–H and O–H groups in total. The van der Waals surface area contributed by atoms with E-state index in [9.17, 15) is 5.26 Å². The third-order valence-corrected chi connectivity index (χ3v) is 4.48. The predicted molar refractivity (Wildman–Crippen MR) is 97.2 cm³/mol. The van der Waals surface area contributed by atoms with E-state index in [0.29, 0.717) is 45.8 Å². The summed E-state index contributed by atoms with van der Waals surface area (Å²) in [6.07, 6.45) is 0.478. The van der Waals surface area contributed by atoms with E-state index in [1.165, 1.54) is 0 Å². The number of benzene rings is 2. The summed E-state index contributed by atoms with van der Waals surface area (Å²) in [7, 11) is 0. The summed E-state index contributed by atoms with van der Waals surface area (Å²) < 4.78 is 12.4. The van der Waals surface area contributed by atoms with Gasteiger partial charge >= 0.3 is 0 Å². The molecule has 0 spiro atoms. The van der Waals surface area contributed by atoms with Crippen molar-refractivity contribution in [2.45, 2.75) is 6.42 Å². The average molecular weight is 359 g/mol. The topological polar surface area (TPSA) is 137 Å². The molecule has 0 aliphatic carbocycles. The minimum Gasteiger partial charge on any atom is -0.454 e. The zero-order chi connectivity index (χ0) is 18.5. The van der Waals surface area contributed by atoms with Gasteiger partial charge in [-0.3, -0.25) is 0 Å². The standard InChI is InChI=1S/C18H13N7O2/c19-7-10-2-3-11-15(16(10)20)17-23-18(21)24-25(17)14(22-11)6-9-1-4-12-13(5-9)27-8-26-12/h1-5H,6,8,20H2,(H2,21,24). The second-order valence-electron chi connectivity index (χ2n) is 6.13. The molecule has 0 saturated carbocycles. The number of ether oxygens (including phenoxy) is 2. The lowest BCUT2D eigenvalue weighted by molar-refractivity contribution is 0.174. The molecule has 3 heterocycles. The molecular weight excluding hydrogens is 346 g/mol. The first-order valence-corrected chi connectivity index (χ1v) is 8.16. The van der Waals surface area contributed by atoms with Crippen LogP contribution in [-0.4, -0.2) is 26.4 Å². The second-order valence-corrected chi connectivity index (χ2v) is 6.13. The van der Waals surface area contributed by atoms with Crippen LogP contribution >= 0.6 is 0 Å². The number of nitrogens with two attached hydrogens (primary N) is 2. The van der Waals surface area contributed by atoms with Crippen LogP contribution in [0.1, 0.15) is 17.0 Å². The van der Waals surface area contributed by atoms with E-state index in [1.807, 2.05) is 18.2 Å². The van der Waals surface area contributed by atoms with Gasteiger partial charge in [0.25, 0.3) is 0 Å². The number of nitrogens with zero attached hydrogens (tertiary/aromatic N) is 5. The third kappa shape index (κ3) is 2.27. The Hall–Kier alpha value is -4.06. The maximum atomic E-state index is 9.24. The number of fused-ring (bicyclic) bond motifs is 4. The minimum atomic E-state index is 0.109. The molecule has 9 nitrogen and oxygen atoms in total. The second kappa shape index (κ2) is 5.47. The average Bonchev–Trinajstić information content (AvgIpc) is 3.27. The van der Waals surface area contributed by atoms with Crippen molar-refractivity contribution in [2.24, 2.45) is 0 Å². The van der Waals surface area contributed by atoms with Gasteiger partial charge in [0.15, 0.2) is 17.1 Å². The first kappa shape index (κ1) is 15.2. The van der Waals surface area contributed by atoms with Gasteiger partial charge in [-0.05, 0) is 29.8 Å². The fourth-order valence-electron chi connectivity index (χ4n) is 3.24. The Labute approximate surface area is 152 Å². The number of hydrogen-bond acceptors (Lipinski definition) is 8. The summed E-state index contributed by atoms with van der Waals surface area (Å²) in [5.41, 5.74) is 14.7. The van der Waals surface area contributed by atoms with Gasteiger partial charge < -0.3 is 20.9 Å². The van der Waals surface area contributed by atoms with Gasteiger partial charge in [-0.15, -0.1) is 5.10 Å². The van der Waals surface area contributed by atoms with Crippen molar-refractivity contribution in [2.75, 3.05) is 18.3 Å². The van der Waals surface area contributed by atoms with E-state index < -0.39 is 0 Å². The van der Waals surface area contributed by atoms with Crippen molar-refractivity contribution < 1.29 is 9.47 Å². The molecule has 0 atom stereocenters. The Kier molecular flexibility index (Phi) is 3.08. The number of aromatic nitrogens is 4. The Bertz CT molecular complexity index is 1270. The van der Waals surface area contributed by atoms with E-state index >= 15 is 0 Å². The summed E-state index contributed by atoms with van der Waals surface area (Å²) in [6, 6.07) is 11.2. The molecule has 9 heteroatoms. The fourth-order valence-corrected chi connectivity index (χ4v) is 3.24. The molecular formula is C18H13N7O2. The van der Waals surface area contributed by atoms with Crippen molar-refractivity contribution in [1.82, 2.24) is 19.6 Å². The van der Waals surface area contributed by atoms with Gasteiger partial charge in [0.2, 0.25) is 12.7 Å². The van der Waals surface area contributed by atoms with Crippen molar-refractivity contribution in [3.8, 4) is 17.6 Å². The highest BCUT2D eigenvalue weighted by Gasteiger charge is 2.18. The zero-order valence-electron chi connectivity index (χ0n) is 14.0. The van der Waals surface area contributed by atoms with Crippen LogP contribution in [0.25, 0.3) is 16.6 Å². The molecule has 0 radical (unpaired) electrons.